The molecule has 5 heteroatoms. The molecule has 0 aliphatic rings. The van der Waals surface area contributed by atoms with Gasteiger partial charge in [-0.1, -0.05) is 24.6 Å². The Labute approximate surface area is 127 Å². The highest BCUT2D eigenvalue weighted by atomic mass is 19.1. The maximum atomic E-state index is 12.8. The van der Waals surface area contributed by atoms with Gasteiger partial charge in [-0.2, -0.15) is 0 Å². The van der Waals surface area contributed by atoms with E-state index in [4.69, 9.17) is 5.11 Å². The summed E-state index contributed by atoms with van der Waals surface area (Å²) in [5, 5.41) is 8.88. The lowest BCUT2D eigenvalue weighted by atomic mass is 10.0. The zero-order valence-electron chi connectivity index (χ0n) is 12.2. The van der Waals surface area contributed by atoms with Crippen molar-refractivity contribution < 1.29 is 14.3 Å². The van der Waals surface area contributed by atoms with Crippen LogP contribution in [0.2, 0.25) is 0 Å². The third-order valence-electron chi connectivity index (χ3n) is 3.56. The first-order valence-electron chi connectivity index (χ1n) is 7.26. The molecule has 0 bridgehead atoms. The minimum absolute atomic E-state index is 0.234. The molecule has 0 aliphatic carbocycles. The van der Waals surface area contributed by atoms with Crippen LogP contribution in [0.25, 0.3) is 0 Å². The molecule has 2 rings (SSSR count). The number of aromatic nitrogens is 1. The van der Waals surface area contributed by atoms with Crippen LogP contribution >= 0.6 is 0 Å². The number of unbranched alkanes of at least 4 members (excludes halogenated alkanes) is 2. The molecule has 4 nitrogen and oxygen atoms in total. The molecule has 1 aromatic heterocycles. The second-order valence-corrected chi connectivity index (χ2v) is 5.18. The Morgan fingerprint density at radius 1 is 1.05 bits per heavy atom. The maximum absolute atomic E-state index is 12.8. The number of carbonyl (C=O) groups is 1. The lowest BCUT2D eigenvalue weighted by molar-refractivity contribution is 0.195. The van der Waals surface area contributed by atoms with E-state index in [0.29, 0.717) is 16.6 Å². The molecule has 22 heavy (non-hydrogen) atoms. The van der Waals surface area contributed by atoms with E-state index in [0.717, 1.165) is 31.2 Å². The number of hydrogen-bond donors (Lipinski definition) is 1. The topological polar surface area (TPSA) is 59.3 Å². The number of pyridine rings is 1. The molecule has 1 heterocycles. The van der Waals surface area contributed by atoms with Crippen molar-refractivity contribution in [3.63, 3.8) is 0 Å². The standard InChI is InChI=1S/C17H18FNO3/c18-15-10-8-13(9-11-15)5-2-1-3-6-14-7-4-12-19(16(14)20)17(21)22/h4,7-12H,1-3,5-6H2,(H,21,22). The summed E-state index contributed by atoms with van der Waals surface area (Å²) in [4.78, 5) is 22.7. The van der Waals surface area contributed by atoms with Crippen LogP contribution in [0.3, 0.4) is 0 Å². The van der Waals surface area contributed by atoms with Gasteiger partial charge in [-0.3, -0.25) is 4.79 Å². The Bertz CT molecular complexity index is 692. The average Bonchev–Trinajstić information content (AvgIpc) is 2.50. The summed E-state index contributed by atoms with van der Waals surface area (Å²) in [5.74, 6) is -0.234. The van der Waals surface area contributed by atoms with Gasteiger partial charge in [-0.05, 0) is 49.4 Å². The van der Waals surface area contributed by atoms with Crippen LogP contribution in [0.15, 0.2) is 47.4 Å². The Morgan fingerprint density at radius 3 is 2.41 bits per heavy atom. The van der Waals surface area contributed by atoms with Crippen LogP contribution in [0, 0.1) is 5.82 Å². The van der Waals surface area contributed by atoms with Gasteiger partial charge in [-0.25, -0.2) is 13.8 Å². The Balaban J connectivity index is 1.80. The van der Waals surface area contributed by atoms with Crippen molar-refractivity contribution in [1.29, 1.82) is 0 Å². The van der Waals surface area contributed by atoms with Gasteiger partial charge >= 0.3 is 6.09 Å². The molecular weight excluding hydrogens is 285 g/mol. The summed E-state index contributed by atoms with van der Waals surface area (Å²) in [7, 11) is 0. The molecular formula is C17H18FNO3. The highest BCUT2D eigenvalue weighted by Gasteiger charge is 2.07. The molecule has 0 spiro atoms. The van der Waals surface area contributed by atoms with Crippen LogP contribution in [-0.2, 0) is 12.8 Å². The normalized spacial score (nSPS) is 10.6. The molecule has 0 unspecified atom stereocenters. The van der Waals surface area contributed by atoms with Crippen molar-refractivity contribution in [3.05, 3.63) is 69.9 Å². The van der Waals surface area contributed by atoms with Gasteiger partial charge in [0.25, 0.3) is 5.56 Å². The molecule has 0 amide bonds. The smallest absolute Gasteiger partial charge is 0.418 e. The largest absolute Gasteiger partial charge is 0.464 e. The van der Waals surface area contributed by atoms with Crippen molar-refractivity contribution in [2.45, 2.75) is 32.1 Å². The summed E-state index contributed by atoms with van der Waals surface area (Å²) < 4.78 is 13.5. The quantitative estimate of drug-likeness (QED) is 0.831. The minimum atomic E-state index is -1.26. The van der Waals surface area contributed by atoms with Crippen molar-refractivity contribution in [2.75, 3.05) is 0 Å². The summed E-state index contributed by atoms with van der Waals surface area (Å²) >= 11 is 0. The second-order valence-electron chi connectivity index (χ2n) is 5.18. The molecule has 116 valence electrons. The highest BCUT2D eigenvalue weighted by molar-refractivity contribution is 5.67. The first kappa shape index (κ1) is 15.9. The molecule has 2 aromatic rings. The maximum Gasteiger partial charge on any atom is 0.418 e. The van der Waals surface area contributed by atoms with Crippen LogP contribution in [0.5, 0.6) is 0 Å². The van der Waals surface area contributed by atoms with Gasteiger partial charge in [0, 0.05) is 11.8 Å². The van der Waals surface area contributed by atoms with Gasteiger partial charge in [-0.15, -0.1) is 0 Å². The molecule has 1 aromatic carbocycles. The molecule has 0 radical (unpaired) electrons. The number of carboxylic acid groups (broad SMARTS) is 1. The number of aryl methyl sites for hydroxylation is 2. The van der Waals surface area contributed by atoms with Gasteiger partial charge < -0.3 is 5.11 Å². The number of benzene rings is 1. The van der Waals surface area contributed by atoms with E-state index in [9.17, 15) is 14.0 Å². The first-order valence-corrected chi connectivity index (χ1v) is 7.26. The van der Waals surface area contributed by atoms with Crippen molar-refractivity contribution in [1.82, 2.24) is 4.57 Å². The predicted molar refractivity (Wildman–Crippen MR) is 81.8 cm³/mol. The van der Waals surface area contributed by atoms with Gasteiger partial charge in [0.15, 0.2) is 0 Å². The fourth-order valence-corrected chi connectivity index (χ4v) is 2.35. The lowest BCUT2D eigenvalue weighted by Gasteiger charge is -2.04. The predicted octanol–water partition coefficient (Wildman–Crippen LogP) is 3.47. The Morgan fingerprint density at radius 2 is 1.73 bits per heavy atom. The van der Waals surface area contributed by atoms with Crippen LogP contribution in [0.1, 0.15) is 30.4 Å². The van der Waals surface area contributed by atoms with E-state index in [1.54, 1.807) is 24.3 Å². The fraction of sp³-hybridized carbons (Fsp3) is 0.294. The molecule has 1 N–H and O–H groups in total. The van der Waals surface area contributed by atoms with E-state index in [1.807, 2.05) is 0 Å². The summed E-state index contributed by atoms with van der Waals surface area (Å²) in [6.07, 6.45) is 4.13. The zero-order chi connectivity index (χ0) is 15.9. The number of hydrogen-bond acceptors (Lipinski definition) is 2. The molecule has 0 aliphatic heterocycles. The van der Waals surface area contributed by atoms with Crippen molar-refractivity contribution in [3.8, 4) is 0 Å². The van der Waals surface area contributed by atoms with Crippen LogP contribution in [-0.4, -0.2) is 15.8 Å². The van der Waals surface area contributed by atoms with Gasteiger partial charge in [0.05, 0.1) is 0 Å². The van der Waals surface area contributed by atoms with E-state index in [1.165, 1.54) is 18.3 Å². The van der Waals surface area contributed by atoms with Gasteiger partial charge in [0.2, 0.25) is 0 Å². The Hall–Kier alpha value is -2.43. The van der Waals surface area contributed by atoms with E-state index in [2.05, 4.69) is 0 Å². The fourth-order valence-electron chi connectivity index (χ4n) is 2.35. The number of nitrogens with zero attached hydrogens (tertiary/aromatic N) is 1. The second kappa shape index (κ2) is 7.54. The van der Waals surface area contributed by atoms with Crippen LogP contribution in [0.4, 0.5) is 9.18 Å². The SMILES string of the molecule is O=C(O)n1cccc(CCCCCc2ccc(F)cc2)c1=O. The van der Waals surface area contributed by atoms with E-state index >= 15 is 0 Å². The Kier molecular flexibility index (Phi) is 5.47. The number of halogens is 1. The zero-order valence-corrected chi connectivity index (χ0v) is 12.2. The van der Waals surface area contributed by atoms with Crippen molar-refractivity contribution >= 4 is 6.09 Å². The van der Waals surface area contributed by atoms with Crippen molar-refractivity contribution in [2.24, 2.45) is 0 Å². The first-order chi connectivity index (χ1) is 10.6. The van der Waals surface area contributed by atoms with Gasteiger partial charge in [0.1, 0.15) is 5.82 Å². The third kappa shape index (κ3) is 4.28. The highest BCUT2D eigenvalue weighted by Crippen LogP contribution is 2.09. The monoisotopic (exact) mass is 303 g/mol. The molecule has 0 fully saturated rings. The van der Waals surface area contributed by atoms with E-state index in [-0.39, 0.29) is 5.82 Å². The minimum Gasteiger partial charge on any atom is -0.464 e. The molecule has 0 saturated heterocycles. The average molecular weight is 303 g/mol. The lowest BCUT2D eigenvalue weighted by Crippen LogP contribution is -2.27. The summed E-state index contributed by atoms with van der Waals surface area (Å²) in [6.45, 7) is 0. The summed E-state index contributed by atoms with van der Waals surface area (Å²) in [5.41, 5.74) is 1.15. The van der Waals surface area contributed by atoms with Crippen LogP contribution < -0.4 is 5.56 Å². The van der Waals surface area contributed by atoms with E-state index < -0.39 is 11.7 Å². The molecule has 0 atom stereocenters. The number of rotatable bonds is 6. The third-order valence-corrected chi connectivity index (χ3v) is 3.56. The molecule has 0 saturated carbocycles. The summed E-state index contributed by atoms with van der Waals surface area (Å²) in [6, 6.07) is 9.70.